The van der Waals surface area contributed by atoms with E-state index >= 15 is 0 Å². The minimum Gasteiger partial charge on any atom is -0.326 e. The fourth-order valence-corrected chi connectivity index (χ4v) is 2.98. The average molecular weight is 267 g/mol. The van der Waals surface area contributed by atoms with E-state index < -0.39 is 0 Å². The molecule has 110 valence electrons. The molecular weight excluding hydrogens is 238 g/mol. The summed E-state index contributed by atoms with van der Waals surface area (Å²) < 4.78 is 1.96. The van der Waals surface area contributed by atoms with E-state index in [2.05, 4.69) is 56.8 Å². The summed E-state index contributed by atoms with van der Waals surface area (Å²) in [6, 6.07) is 0.376. The lowest BCUT2D eigenvalue weighted by atomic mass is 9.82. The Morgan fingerprint density at radius 2 is 1.89 bits per heavy atom. The zero-order valence-electron chi connectivity index (χ0n) is 13.2. The minimum atomic E-state index is 0.0216. The van der Waals surface area contributed by atoms with Crippen molar-refractivity contribution in [3.8, 4) is 0 Å². The number of rotatable bonds is 7. The monoisotopic (exact) mass is 267 g/mol. The number of nitrogens with two attached hydrogens (primary N) is 1. The van der Waals surface area contributed by atoms with Crippen molar-refractivity contribution in [2.24, 2.45) is 5.73 Å². The smallest absolute Gasteiger partial charge is 0.138 e. The van der Waals surface area contributed by atoms with Gasteiger partial charge in [0.15, 0.2) is 0 Å². The number of hydrogen-bond acceptors (Lipinski definition) is 4. The summed E-state index contributed by atoms with van der Waals surface area (Å²) in [7, 11) is 4.22. The minimum absolute atomic E-state index is 0.0216. The Labute approximate surface area is 117 Å². The third-order valence-electron chi connectivity index (χ3n) is 4.34. The van der Waals surface area contributed by atoms with E-state index in [1.165, 1.54) is 0 Å². The second kappa shape index (κ2) is 6.48. The van der Waals surface area contributed by atoms with Crippen LogP contribution in [0.4, 0.5) is 0 Å². The first-order valence-electron chi connectivity index (χ1n) is 7.20. The van der Waals surface area contributed by atoms with Crippen molar-refractivity contribution in [3.05, 3.63) is 12.2 Å². The Hall–Kier alpha value is -0.940. The zero-order chi connectivity index (χ0) is 14.6. The van der Waals surface area contributed by atoms with Gasteiger partial charge >= 0.3 is 0 Å². The van der Waals surface area contributed by atoms with Gasteiger partial charge in [0, 0.05) is 24.0 Å². The van der Waals surface area contributed by atoms with Gasteiger partial charge < -0.3 is 10.6 Å². The first kappa shape index (κ1) is 16.1. The van der Waals surface area contributed by atoms with Crippen LogP contribution in [0.2, 0.25) is 0 Å². The van der Waals surface area contributed by atoms with Crippen LogP contribution >= 0.6 is 0 Å². The third kappa shape index (κ3) is 3.15. The van der Waals surface area contributed by atoms with Crippen molar-refractivity contribution in [2.45, 2.75) is 64.6 Å². The normalized spacial score (nSPS) is 14.4. The number of likely N-dealkylation sites (N-methyl/N-ethyl adjacent to an activating group) is 1. The molecule has 0 amide bonds. The van der Waals surface area contributed by atoms with E-state index in [4.69, 9.17) is 5.73 Å². The van der Waals surface area contributed by atoms with Crippen molar-refractivity contribution >= 4 is 0 Å². The summed E-state index contributed by atoms with van der Waals surface area (Å²) in [5.41, 5.74) is 6.53. The standard InChI is InChI=1S/C14H29N5/c1-7-14(8-2,18(5)6)12(15)9-13-16-10-17-19(13)11(3)4/h10-12H,7-9,15H2,1-6H3. The Morgan fingerprint density at radius 1 is 1.32 bits per heavy atom. The summed E-state index contributed by atoms with van der Waals surface area (Å²) in [6.07, 6.45) is 4.45. The first-order chi connectivity index (χ1) is 8.89. The van der Waals surface area contributed by atoms with Gasteiger partial charge in [-0.1, -0.05) is 13.8 Å². The summed E-state index contributed by atoms with van der Waals surface area (Å²) in [6.45, 7) is 8.64. The first-order valence-corrected chi connectivity index (χ1v) is 7.20. The van der Waals surface area contributed by atoms with Crippen LogP contribution in [0.25, 0.3) is 0 Å². The zero-order valence-corrected chi connectivity index (χ0v) is 13.2. The number of hydrogen-bond donors (Lipinski definition) is 1. The maximum Gasteiger partial charge on any atom is 0.138 e. The van der Waals surface area contributed by atoms with E-state index in [-0.39, 0.29) is 11.6 Å². The molecular formula is C14H29N5. The van der Waals surface area contributed by atoms with Crippen molar-refractivity contribution < 1.29 is 0 Å². The van der Waals surface area contributed by atoms with Crippen LogP contribution in [0.3, 0.4) is 0 Å². The van der Waals surface area contributed by atoms with Crippen molar-refractivity contribution in [1.29, 1.82) is 0 Å². The molecule has 1 aromatic heterocycles. The quantitative estimate of drug-likeness (QED) is 0.819. The predicted octanol–water partition coefficient (Wildman–Crippen LogP) is 1.85. The van der Waals surface area contributed by atoms with Crippen LogP contribution in [0, 0.1) is 0 Å². The molecule has 0 aromatic carbocycles. The Kier molecular flexibility index (Phi) is 5.50. The van der Waals surface area contributed by atoms with Crippen molar-refractivity contribution in [1.82, 2.24) is 19.7 Å². The van der Waals surface area contributed by atoms with Gasteiger partial charge in [0.1, 0.15) is 12.2 Å². The Bertz CT molecular complexity index is 379. The van der Waals surface area contributed by atoms with Gasteiger partial charge in [0.05, 0.1) is 0 Å². The maximum atomic E-state index is 6.51. The van der Waals surface area contributed by atoms with E-state index in [1.807, 2.05) is 4.68 Å². The molecule has 1 aromatic rings. The third-order valence-corrected chi connectivity index (χ3v) is 4.34. The molecule has 5 nitrogen and oxygen atoms in total. The van der Waals surface area contributed by atoms with Gasteiger partial charge in [-0.15, -0.1) is 0 Å². The highest BCUT2D eigenvalue weighted by atomic mass is 15.3. The fourth-order valence-electron chi connectivity index (χ4n) is 2.98. The van der Waals surface area contributed by atoms with Gasteiger partial charge in [-0.2, -0.15) is 5.10 Å². The molecule has 0 aliphatic heterocycles. The molecule has 0 saturated heterocycles. The van der Waals surface area contributed by atoms with E-state index in [0.29, 0.717) is 6.04 Å². The van der Waals surface area contributed by atoms with Crippen LogP contribution in [0.15, 0.2) is 6.33 Å². The Morgan fingerprint density at radius 3 is 2.32 bits per heavy atom. The van der Waals surface area contributed by atoms with Crippen LogP contribution in [-0.2, 0) is 6.42 Å². The number of nitrogens with zero attached hydrogens (tertiary/aromatic N) is 4. The van der Waals surface area contributed by atoms with Gasteiger partial charge in [-0.05, 0) is 40.8 Å². The lowest BCUT2D eigenvalue weighted by Gasteiger charge is -2.43. The average Bonchev–Trinajstić information content (AvgIpc) is 2.79. The molecule has 1 atom stereocenters. The second-order valence-corrected chi connectivity index (χ2v) is 5.73. The topological polar surface area (TPSA) is 60.0 Å². The van der Waals surface area contributed by atoms with Crippen LogP contribution in [0.5, 0.6) is 0 Å². The summed E-state index contributed by atoms with van der Waals surface area (Å²) >= 11 is 0. The van der Waals surface area contributed by atoms with E-state index in [9.17, 15) is 0 Å². The van der Waals surface area contributed by atoms with Crippen LogP contribution < -0.4 is 5.73 Å². The maximum absolute atomic E-state index is 6.51. The van der Waals surface area contributed by atoms with Gasteiger partial charge in [0.2, 0.25) is 0 Å². The molecule has 5 heteroatoms. The van der Waals surface area contributed by atoms with Crippen molar-refractivity contribution in [2.75, 3.05) is 14.1 Å². The second-order valence-electron chi connectivity index (χ2n) is 5.73. The fraction of sp³-hybridized carbons (Fsp3) is 0.857. The molecule has 19 heavy (non-hydrogen) atoms. The van der Waals surface area contributed by atoms with E-state index in [0.717, 1.165) is 25.1 Å². The van der Waals surface area contributed by atoms with Crippen LogP contribution in [0.1, 0.15) is 52.4 Å². The molecule has 0 bridgehead atoms. The lowest BCUT2D eigenvalue weighted by Crippen LogP contribution is -2.57. The highest BCUT2D eigenvalue weighted by Gasteiger charge is 2.36. The van der Waals surface area contributed by atoms with Gasteiger partial charge in [-0.25, -0.2) is 9.67 Å². The van der Waals surface area contributed by atoms with E-state index in [1.54, 1.807) is 6.33 Å². The van der Waals surface area contributed by atoms with Gasteiger partial charge in [-0.3, -0.25) is 0 Å². The molecule has 0 spiro atoms. The largest absolute Gasteiger partial charge is 0.326 e. The molecule has 2 N–H and O–H groups in total. The molecule has 0 aliphatic rings. The summed E-state index contributed by atoms with van der Waals surface area (Å²) in [4.78, 5) is 6.63. The predicted molar refractivity (Wildman–Crippen MR) is 79.1 cm³/mol. The SMILES string of the molecule is CCC(CC)(C(N)Cc1ncnn1C(C)C)N(C)C. The van der Waals surface area contributed by atoms with Gasteiger partial charge in [0.25, 0.3) is 0 Å². The molecule has 0 aliphatic carbocycles. The highest BCUT2D eigenvalue weighted by molar-refractivity contribution is 5.01. The molecule has 1 heterocycles. The number of aromatic nitrogens is 3. The summed E-state index contributed by atoms with van der Waals surface area (Å²) in [5.74, 6) is 0.982. The molecule has 1 rings (SSSR count). The molecule has 0 saturated carbocycles. The molecule has 0 radical (unpaired) electrons. The highest BCUT2D eigenvalue weighted by Crippen LogP contribution is 2.26. The molecule has 1 unspecified atom stereocenters. The molecule has 0 fully saturated rings. The Balaban J connectivity index is 2.94. The van der Waals surface area contributed by atoms with Crippen LogP contribution in [-0.4, -0.2) is 45.3 Å². The van der Waals surface area contributed by atoms with Crippen molar-refractivity contribution in [3.63, 3.8) is 0 Å². The summed E-state index contributed by atoms with van der Waals surface area (Å²) in [5, 5.41) is 4.28. The lowest BCUT2D eigenvalue weighted by molar-refractivity contribution is 0.104.